The van der Waals surface area contributed by atoms with Crippen molar-refractivity contribution < 1.29 is 15.2 Å². The van der Waals surface area contributed by atoms with Crippen molar-refractivity contribution in [3.05, 3.63) is 42.0 Å². The molecule has 0 radical (unpaired) electrons. The second-order valence-electron chi connectivity index (χ2n) is 6.12. The monoisotopic (exact) mass is 286 g/mol. The minimum absolute atomic E-state index is 0.0654. The topological polar surface area (TPSA) is 53.9 Å². The van der Waals surface area contributed by atoms with Crippen molar-refractivity contribution in [3.8, 4) is 0 Å². The van der Waals surface area contributed by atoms with Gasteiger partial charge in [0, 0.05) is 5.56 Å². The summed E-state index contributed by atoms with van der Waals surface area (Å²) >= 11 is 0. The molecule has 0 aliphatic heterocycles. The maximum absolute atomic E-state index is 10.7. The first-order valence-corrected chi connectivity index (χ1v) is 7.53. The predicted molar refractivity (Wildman–Crippen MR) is 86.0 cm³/mol. The van der Waals surface area contributed by atoms with E-state index in [0.29, 0.717) is 6.54 Å². The molecule has 0 heterocycles. The number of quaternary nitrogens is 1. The lowest BCUT2D eigenvalue weighted by molar-refractivity contribution is -0.571. The van der Waals surface area contributed by atoms with Crippen LogP contribution in [0.2, 0.25) is 0 Å². The van der Waals surface area contributed by atoms with Gasteiger partial charge in [0.15, 0.2) is 0 Å². The number of rotatable bonds is 6. The van der Waals surface area contributed by atoms with Gasteiger partial charge in [0.05, 0.1) is 13.0 Å². The zero-order valence-corrected chi connectivity index (χ0v) is 13.0. The third-order valence-corrected chi connectivity index (χ3v) is 4.24. The van der Waals surface area contributed by atoms with E-state index in [0.717, 1.165) is 6.42 Å². The zero-order valence-electron chi connectivity index (χ0n) is 13.0. The molecule has 0 aliphatic carbocycles. The third-order valence-electron chi connectivity index (χ3n) is 4.24. The normalized spacial score (nSPS) is 11.8. The standard InChI is InChI=1S/C18H23NO2/c1-4-18(2,3)17-14-8-6-5-7-13(14)9-10-15(17)19-12-11-16(20)21/h5-10,19H,4,11-12H2,1-3H3,(H,20,21)/p+1. The van der Waals surface area contributed by atoms with Gasteiger partial charge < -0.3 is 10.4 Å². The fraction of sp³-hybridized carbons (Fsp3) is 0.389. The molecule has 2 rings (SSSR count). The van der Waals surface area contributed by atoms with E-state index in [1.54, 1.807) is 0 Å². The average molecular weight is 286 g/mol. The van der Waals surface area contributed by atoms with Crippen LogP contribution in [0.15, 0.2) is 36.4 Å². The van der Waals surface area contributed by atoms with E-state index in [9.17, 15) is 4.79 Å². The summed E-state index contributed by atoms with van der Waals surface area (Å²) in [6.45, 7) is 7.27. The van der Waals surface area contributed by atoms with Crippen molar-refractivity contribution >= 4 is 22.4 Å². The molecule has 0 spiro atoms. The van der Waals surface area contributed by atoms with Crippen LogP contribution in [0.4, 0.5) is 5.69 Å². The number of benzene rings is 2. The van der Waals surface area contributed by atoms with Crippen LogP contribution in [0.25, 0.3) is 10.8 Å². The SMILES string of the molecule is CCC(C)(C)c1c([NH2+]CCC(=O)O)ccc2ccccc12. The number of nitrogens with two attached hydrogens (primary N) is 1. The maximum Gasteiger partial charge on any atom is 0.309 e. The van der Waals surface area contributed by atoms with Crippen LogP contribution in [-0.4, -0.2) is 17.6 Å². The summed E-state index contributed by atoms with van der Waals surface area (Å²) in [4.78, 5) is 10.7. The van der Waals surface area contributed by atoms with Gasteiger partial charge in [0.1, 0.15) is 5.69 Å². The van der Waals surface area contributed by atoms with E-state index in [1.165, 1.54) is 22.0 Å². The fourth-order valence-corrected chi connectivity index (χ4v) is 2.74. The van der Waals surface area contributed by atoms with Crippen molar-refractivity contribution in [2.24, 2.45) is 0 Å². The quantitative estimate of drug-likeness (QED) is 0.801. The van der Waals surface area contributed by atoms with E-state index in [2.05, 4.69) is 62.5 Å². The lowest BCUT2D eigenvalue weighted by atomic mass is 9.78. The van der Waals surface area contributed by atoms with Gasteiger partial charge in [0.25, 0.3) is 0 Å². The molecule has 2 aromatic carbocycles. The number of aliphatic carboxylic acids is 1. The highest BCUT2D eigenvalue weighted by Gasteiger charge is 2.26. The maximum atomic E-state index is 10.7. The Balaban J connectivity index is 2.49. The summed E-state index contributed by atoms with van der Waals surface area (Å²) in [5, 5.41) is 13.4. The lowest BCUT2D eigenvalue weighted by Gasteiger charge is -2.26. The van der Waals surface area contributed by atoms with Crippen molar-refractivity contribution in [1.29, 1.82) is 0 Å². The molecule has 0 unspecified atom stereocenters. The molecule has 3 heteroatoms. The average Bonchev–Trinajstić information content (AvgIpc) is 2.46. The molecule has 0 fully saturated rings. The molecule has 3 N–H and O–H groups in total. The largest absolute Gasteiger partial charge is 0.481 e. The van der Waals surface area contributed by atoms with E-state index >= 15 is 0 Å². The number of carboxylic acids is 1. The lowest BCUT2D eigenvalue weighted by Crippen LogP contribution is -2.79. The molecule has 3 nitrogen and oxygen atoms in total. The highest BCUT2D eigenvalue weighted by molar-refractivity contribution is 5.89. The molecule has 0 amide bonds. The molecule has 0 bridgehead atoms. The zero-order chi connectivity index (χ0) is 15.5. The molecule has 0 saturated carbocycles. The van der Waals surface area contributed by atoms with Gasteiger partial charge in [-0.15, -0.1) is 0 Å². The number of carboxylic acid groups (broad SMARTS) is 1. The van der Waals surface area contributed by atoms with E-state index in [1.807, 2.05) is 0 Å². The highest BCUT2D eigenvalue weighted by Crippen LogP contribution is 2.36. The summed E-state index contributed by atoms with van der Waals surface area (Å²) in [7, 11) is 0. The van der Waals surface area contributed by atoms with Gasteiger partial charge in [-0.25, -0.2) is 0 Å². The summed E-state index contributed by atoms with van der Waals surface area (Å²) in [6, 6.07) is 12.7. The molecule has 0 aliphatic rings. The molecule has 0 atom stereocenters. The van der Waals surface area contributed by atoms with Crippen LogP contribution >= 0.6 is 0 Å². The Morgan fingerprint density at radius 2 is 1.90 bits per heavy atom. The van der Waals surface area contributed by atoms with Gasteiger partial charge in [-0.2, -0.15) is 0 Å². The number of fused-ring (bicyclic) bond motifs is 1. The van der Waals surface area contributed by atoms with Crippen LogP contribution in [-0.2, 0) is 10.2 Å². The first-order chi connectivity index (χ1) is 9.95. The number of hydrogen-bond donors (Lipinski definition) is 2. The number of hydrogen-bond acceptors (Lipinski definition) is 1. The van der Waals surface area contributed by atoms with Crippen molar-refractivity contribution in [2.75, 3.05) is 6.54 Å². The third kappa shape index (κ3) is 3.42. The van der Waals surface area contributed by atoms with Crippen LogP contribution in [0.3, 0.4) is 0 Å². The summed E-state index contributed by atoms with van der Waals surface area (Å²) in [6.07, 6.45) is 1.22. The first-order valence-electron chi connectivity index (χ1n) is 7.53. The second-order valence-corrected chi connectivity index (χ2v) is 6.12. The minimum atomic E-state index is -0.747. The molecular weight excluding hydrogens is 262 g/mol. The Morgan fingerprint density at radius 3 is 2.57 bits per heavy atom. The fourth-order valence-electron chi connectivity index (χ4n) is 2.74. The first kappa shape index (κ1) is 15.5. The van der Waals surface area contributed by atoms with Crippen LogP contribution in [0, 0.1) is 0 Å². The summed E-state index contributed by atoms with van der Waals surface area (Å²) < 4.78 is 0. The van der Waals surface area contributed by atoms with Gasteiger partial charge in [-0.1, -0.05) is 45.0 Å². The molecule has 112 valence electrons. The Hall–Kier alpha value is -1.87. The Kier molecular flexibility index (Phi) is 4.63. The van der Waals surface area contributed by atoms with E-state index in [-0.39, 0.29) is 11.8 Å². The second kappa shape index (κ2) is 6.27. The van der Waals surface area contributed by atoms with Gasteiger partial charge in [-0.05, 0) is 34.7 Å². The molecular formula is C18H24NO2+. The highest BCUT2D eigenvalue weighted by atomic mass is 16.4. The molecule has 2 aromatic rings. The van der Waals surface area contributed by atoms with E-state index in [4.69, 9.17) is 5.11 Å². The van der Waals surface area contributed by atoms with Crippen LogP contribution in [0.5, 0.6) is 0 Å². The van der Waals surface area contributed by atoms with E-state index < -0.39 is 5.97 Å². The molecule has 0 saturated heterocycles. The van der Waals surface area contributed by atoms with Crippen molar-refractivity contribution in [2.45, 2.75) is 39.0 Å². The van der Waals surface area contributed by atoms with Gasteiger partial charge in [-0.3, -0.25) is 4.79 Å². The Labute approximate surface area is 126 Å². The smallest absolute Gasteiger partial charge is 0.309 e. The molecule has 0 aromatic heterocycles. The van der Waals surface area contributed by atoms with Crippen molar-refractivity contribution in [3.63, 3.8) is 0 Å². The van der Waals surface area contributed by atoms with Crippen LogP contribution < -0.4 is 5.32 Å². The minimum Gasteiger partial charge on any atom is -0.481 e. The van der Waals surface area contributed by atoms with Crippen LogP contribution in [0.1, 0.15) is 39.2 Å². The van der Waals surface area contributed by atoms with Crippen molar-refractivity contribution in [1.82, 2.24) is 0 Å². The predicted octanol–water partition coefficient (Wildman–Crippen LogP) is 3.20. The number of carbonyl (C=O) groups is 1. The molecule has 21 heavy (non-hydrogen) atoms. The Morgan fingerprint density at radius 1 is 1.19 bits per heavy atom. The summed E-state index contributed by atoms with van der Waals surface area (Å²) in [5.41, 5.74) is 2.56. The Bertz CT molecular complexity index is 647. The summed E-state index contributed by atoms with van der Waals surface area (Å²) in [5.74, 6) is -0.747. The van der Waals surface area contributed by atoms with Gasteiger partial charge in [0.2, 0.25) is 0 Å². The van der Waals surface area contributed by atoms with Gasteiger partial charge >= 0.3 is 5.97 Å².